The van der Waals surface area contributed by atoms with E-state index in [1.807, 2.05) is 0 Å². The Bertz CT molecular complexity index is 628. The van der Waals surface area contributed by atoms with Gasteiger partial charge in [-0.1, -0.05) is 0 Å². The number of alkyl halides is 3. The summed E-state index contributed by atoms with van der Waals surface area (Å²) < 4.78 is 38.6. The summed E-state index contributed by atoms with van der Waals surface area (Å²) in [4.78, 5) is 22.9. The second kappa shape index (κ2) is 6.05. The van der Waals surface area contributed by atoms with Crippen LogP contribution in [0.3, 0.4) is 0 Å². The Labute approximate surface area is 129 Å². The second-order valence-corrected chi connectivity index (χ2v) is 5.29. The highest BCUT2D eigenvalue weighted by Crippen LogP contribution is 2.30. The Morgan fingerprint density at radius 2 is 2.13 bits per heavy atom. The van der Waals surface area contributed by atoms with E-state index in [4.69, 9.17) is 0 Å². The maximum Gasteiger partial charge on any atom is 0.406 e. The van der Waals surface area contributed by atoms with E-state index >= 15 is 0 Å². The summed E-state index contributed by atoms with van der Waals surface area (Å²) in [5.41, 5.74) is -0.0237. The minimum Gasteiger partial charge on any atom is -0.359 e. The Balaban J connectivity index is 2.18. The molecule has 1 aromatic heterocycles. The number of aryl methyl sites for hydroxylation is 2. The van der Waals surface area contributed by atoms with Crippen LogP contribution in [0, 0.1) is 17.0 Å². The molecule has 2 heterocycles. The van der Waals surface area contributed by atoms with Crippen molar-refractivity contribution in [2.75, 3.05) is 18.4 Å². The SMILES string of the molecule is CCn1nc(C)c([N+](=O)[O-])c1N[C@H]1CC(=O)N(CC(F)(F)F)C1. The summed E-state index contributed by atoms with van der Waals surface area (Å²) in [5.74, 6) is -0.525. The second-order valence-electron chi connectivity index (χ2n) is 5.29. The van der Waals surface area contributed by atoms with Gasteiger partial charge in [-0.05, 0) is 13.8 Å². The van der Waals surface area contributed by atoms with Crippen LogP contribution in [-0.4, -0.2) is 50.8 Å². The van der Waals surface area contributed by atoms with Gasteiger partial charge in [0, 0.05) is 19.5 Å². The number of nitro groups is 1. The number of carbonyl (C=O) groups excluding carboxylic acids is 1. The van der Waals surface area contributed by atoms with Crippen LogP contribution < -0.4 is 5.32 Å². The van der Waals surface area contributed by atoms with Crippen molar-refractivity contribution < 1.29 is 22.9 Å². The van der Waals surface area contributed by atoms with Gasteiger partial charge >= 0.3 is 11.9 Å². The van der Waals surface area contributed by atoms with Crippen molar-refractivity contribution in [3.63, 3.8) is 0 Å². The average Bonchev–Trinajstić information content (AvgIpc) is 2.88. The first-order chi connectivity index (χ1) is 10.6. The molecule has 0 unspecified atom stereocenters. The molecule has 1 atom stereocenters. The molecule has 11 heteroatoms. The van der Waals surface area contributed by atoms with Crippen molar-refractivity contribution in [2.24, 2.45) is 0 Å². The van der Waals surface area contributed by atoms with E-state index in [1.54, 1.807) is 6.92 Å². The number of hydrogen-bond donors (Lipinski definition) is 1. The number of nitrogens with zero attached hydrogens (tertiary/aromatic N) is 4. The van der Waals surface area contributed by atoms with Crippen molar-refractivity contribution in [1.82, 2.24) is 14.7 Å². The van der Waals surface area contributed by atoms with Crippen LogP contribution in [0.1, 0.15) is 19.0 Å². The maximum absolute atomic E-state index is 12.4. The van der Waals surface area contributed by atoms with Crippen LogP contribution in [0.15, 0.2) is 0 Å². The number of amides is 1. The zero-order valence-corrected chi connectivity index (χ0v) is 12.6. The minimum atomic E-state index is -4.47. The quantitative estimate of drug-likeness (QED) is 0.653. The van der Waals surface area contributed by atoms with E-state index in [1.165, 1.54) is 11.6 Å². The van der Waals surface area contributed by atoms with Crippen LogP contribution in [-0.2, 0) is 11.3 Å². The molecule has 0 radical (unpaired) electrons. The van der Waals surface area contributed by atoms with E-state index in [-0.39, 0.29) is 30.2 Å². The van der Waals surface area contributed by atoms with Gasteiger partial charge in [0.2, 0.25) is 11.7 Å². The van der Waals surface area contributed by atoms with Gasteiger partial charge in [0.15, 0.2) is 0 Å². The van der Waals surface area contributed by atoms with Gasteiger partial charge in [-0.25, -0.2) is 4.68 Å². The predicted octanol–water partition coefficient (Wildman–Crippen LogP) is 1.69. The maximum atomic E-state index is 12.4. The molecule has 0 aromatic carbocycles. The molecule has 0 spiro atoms. The van der Waals surface area contributed by atoms with E-state index in [2.05, 4.69) is 10.4 Å². The molecule has 1 aliphatic heterocycles. The smallest absolute Gasteiger partial charge is 0.359 e. The van der Waals surface area contributed by atoms with Gasteiger partial charge < -0.3 is 10.2 Å². The summed E-state index contributed by atoms with van der Waals surface area (Å²) in [5, 5.41) is 18.0. The number of anilines is 1. The summed E-state index contributed by atoms with van der Waals surface area (Å²) >= 11 is 0. The summed E-state index contributed by atoms with van der Waals surface area (Å²) in [7, 11) is 0. The molecule has 8 nitrogen and oxygen atoms in total. The van der Waals surface area contributed by atoms with E-state index in [0.717, 1.165) is 0 Å². The van der Waals surface area contributed by atoms with Crippen LogP contribution in [0.5, 0.6) is 0 Å². The first-order valence-electron chi connectivity index (χ1n) is 6.95. The van der Waals surface area contributed by atoms with Gasteiger partial charge in [0.05, 0.1) is 11.0 Å². The van der Waals surface area contributed by atoms with Gasteiger partial charge in [0.1, 0.15) is 12.2 Å². The van der Waals surface area contributed by atoms with E-state index in [9.17, 15) is 28.1 Å². The lowest BCUT2D eigenvalue weighted by Crippen LogP contribution is -2.36. The molecule has 23 heavy (non-hydrogen) atoms. The van der Waals surface area contributed by atoms with Gasteiger partial charge in [-0.3, -0.25) is 14.9 Å². The molecular weight excluding hydrogens is 319 g/mol. The lowest BCUT2D eigenvalue weighted by atomic mass is 10.2. The first-order valence-corrected chi connectivity index (χ1v) is 6.95. The third-order valence-corrected chi connectivity index (χ3v) is 3.50. The molecule has 2 rings (SSSR count). The van der Waals surface area contributed by atoms with E-state index < -0.39 is 29.6 Å². The molecule has 1 fully saturated rings. The van der Waals surface area contributed by atoms with Crippen LogP contribution in [0.25, 0.3) is 0 Å². The highest BCUT2D eigenvalue weighted by Gasteiger charge is 2.39. The Morgan fingerprint density at radius 1 is 1.48 bits per heavy atom. The molecule has 1 amide bonds. The highest BCUT2D eigenvalue weighted by molar-refractivity contribution is 5.80. The standard InChI is InChI=1S/C12H16F3N5O3/c1-3-19-11(10(20(22)23)7(2)17-19)16-8-4-9(21)18(5-8)6-12(13,14)15/h8,16H,3-6H2,1-2H3/t8-/m0/s1. The number of aromatic nitrogens is 2. The fourth-order valence-electron chi connectivity index (χ4n) is 2.59. The summed E-state index contributed by atoms with van der Waals surface area (Å²) in [6.07, 6.45) is -4.63. The lowest BCUT2D eigenvalue weighted by molar-refractivity contribution is -0.384. The molecule has 128 valence electrons. The zero-order chi connectivity index (χ0) is 17.4. The molecule has 1 aromatic rings. The number of rotatable bonds is 5. The Kier molecular flexibility index (Phi) is 4.48. The molecule has 1 N–H and O–H groups in total. The normalized spacial score (nSPS) is 18.6. The van der Waals surface area contributed by atoms with Crippen molar-refractivity contribution in [3.05, 3.63) is 15.8 Å². The highest BCUT2D eigenvalue weighted by atomic mass is 19.4. The van der Waals surface area contributed by atoms with Crippen molar-refractivity contribution in [1.29, 1.82) is 0 Å². The van der Waals surface area contributed by atoms with Gasteiger partial charge in [-0.15, -0.1) is 0 Å². The number of carbonyl (C=O) groups is 1. The topological polar surface area (TPSA) is 93.3 Å². The summed E-state index contributed by atoms with van der Waals surface area (Å²) in [6.45, 7) is 2.08. The molecule has 0 saturated carbocycles. The average molecular weight is 335 g/mol. The molecule has 0 aliphatic carbocycles. The zero-order valence-electron chi connectivity index (χ0n) is 12.6. The largest absolute Gasteiger partial charge is 0.406 e. The van der Waals surface area contributed by atoms with Gasteiger partial charge in [0.25, 0.3) is 0 Å². The fraction of sp³-hybridized carbons (Fsp3) is 0.667. The van der Waals surface area contributed by atoms with E-state index in [0.29, 0.717) is 11.4 Å². The molecule has 1 saturated heterocycles. The number of nitrogens with one attached hydrogen (secondary N) is 1. The number of likely N-dealkylation sites (tertiary alicyclic amines) is 1. The van der Waals surface area contributed by atoms with Crippen molar-refractivity contribution >= 4 is 17.4 Å². The third kappa shape index (κ3) is 3.71. The monoisotopic (exact) mass is 335 g/mol. The Hall–Kier alpha value is -2.33. The first kappa shape index (κ1) is 17.0. The molecule has 0 bridgehead atoms. The molecule has 1 aliphatic rings. The minimum absolute atomic E-state index is 0.113. The summed E-state index contributed by atoms with van der Waals surface area (Å²) in [6, 6.07) is -0.634. The van der Waals surface area contributed by atoms with Crippen LogP contribution in [0.4, 0.5) is 24.7 Å². The fourth-order valence-corrected chi connectivity index (χ4v) is 2.59. The van der Waals surface area contributed by atoms with Gasteiger partial charge in [-0.2, -0.15) is 18.3 Å². The van der Waals surface area contributed by atoms with Crippen LogP contribution in [0.2, 0.25) is 0 Å². The lowest BCUT2D eigenvalue weighted by Gasteiger charge is -2.19. The van der Waals surface area contributed by atoms with Crippen molar-refractivity contribution in [2.45, 2.75) is 39.0 Å². The van der Waals surface area contributed by atoms with Crippen molar-refractivity contribution in [3.8, 4) is 0 Å². The number of hydrogen-bond acceptors (Lipinski definition) is 5. The third-order valence-electron chi connectivity index (χ3n) is 3.50. The predicted molar refractivity (Wildman–Crippen MR) is 74.0 cm³/mol. The number of halogens is 3. The van der Waals surface area contributed by atoms with Crippen LogP contribution >= 0.6 is 0 Å². The molecular formula is C12H16F3N5O3. The Morgan fingerprint density at radius 3 is 2.65 bits per heavy atom.